The van der Waals surface area contributed by atoms with E-state index in [1.807, 2.05) is 0 Å². The van der Waals surface area contributed by atoms with E-state index in [0.717, 1.165) is 6.07 Å². The lowest BCUT2D eigenvalue weighted by Crippen LogP contribution is -2.33. The zero-order chi connectivity index (χ0) is 12.8. The molecule has 1 aromatic carbocycles. The number of benzene rings is 1. The summed E-state index contributed by atoms with van der Waals surface area (Å²) in [6.45, 7) is 0. The van der Waals surface area contributed by atoms with E-state index in [9.17, 15) is 9.18 Å². The summed E-state index contributed by atoms with van der Waals surface area (Å²) in [5, 5.41) is 3.26. The summed E-state index contributed by atoms with van der Waals surface area (Å²) in [7, 11) is 1.21. The van der Waals surface area contributed by atoms with E-state index in [0.29, 0.717) is 0 Å². The number of nitrogens with two attached hydrogens (primary N) is 1. The molecule has 0 unspecified atom stereocenters. The highest BCUT2D eigenvalue weighted by atomic mass is 35.5. The van der Waals surface area contributed by atoms with Crippen LogP contribution in [0.2, 0.25) is 0 Å². The fourth-order valence-corrected chi connectivity index (χ4v) is 1.29. The standard InChI is InChI=1S/C10H11FN4O2.ClH/c1-17-10(16)9(12)4-6-2-3-7(14-15-13)5-8(6)11;/h2-3,5,9H,4,12H2,1H3;1H/t9-;/m1./s1. The monoisotopic (exact) mass is 274 g/mol. The number of rotatable bonds is 4. The maximum Gasteiger partial charge on any atom is 0.322 e. The number of carbonyl (C=O) groups excluding carboxylic acids is 1. The van der Waals surface area contributed by atoms with Crippen LogP contribution in [0.1, 0.15) is 5.56 Å². The summed E-state index contributed by atoms with van der Waals surface area (Å²) in [5.74, 6) is -1.18. The molecule has 0 saturated heterocycles. The normalized spacial score (nSPS) is 10.8. The first-order valence-corrected chi connectivity index (χ1v) is 4.75. The molecule has 6 nitrogen and oxygen atoms in total. The van der Waals surface area contributed by atoms with E-state index >= 15 is 0 Å². The topological polar surface area (TPSA) is 101 Å². The van der Waals surface area contributed by atoms with E-state index in [2.05, 4.69) is 14.8 Å². The van der Waals surface area contributed by atoms with Crippen LogP contribution in [0, 0.1) is 5.82 Å². The fourth-order valence-electron chi connectivity index (χ4n) is 1.29. The fraction of sp³-hybridized carbons (Fsp3) is 0.300. The van der Waals surface area contributed by atoms with Gasteiger partial charge >= 0.3 is 5.97 Å². The minimum Gasteiger partial charge on any atom is -0.468 e. The van der Waals surface area contributed by atoms with Crippen molar-refractivity contribution in [3.63, 3.8) is 0 Å². The van der Waals surface area contributed by atoms with Gasteiger partial charge in [-0.2, -0.15) is 0 Å². The Hall–Kier alpha value is -1.82. The molecular formula is C10H12ClFN4O2. The lowest BCUT2D eigenvalue weighted by molar-refractivity contribution is -0.142. The van der Waals surface area contributed by atoms with Crippen LogP contribution in [-0.2, 0) is 16.0 Å². The van der Waals surface area contributed by atoms with Crippen LogP contribution in [0.5, 0.6) is 0 Å². The Morgan fingerprint density at radius 2 is 2.33 bits per heavy atom. The van der Waals surface area contributed by atoms with E-state index in [-0.39, 0.29) is 30.1 Å². The summed E-state index contributed by atoms with van der Waals surface area (Å²) in [4.78, 5) is 13.6. The Balaban J connectivity index is 0.00000289. The number of esters is 1. The van der Waals surface area contributed by atoms with Gasteiger partial charge in [-0.05, 0) is 17.2 Å². The molecule has 0 fully saturated rings. The van der Waals surface area contributed by atoms with E-state index < -0.39 is 17.8 Å². The van der Waals surface area contributed by atoms with Gasteiger partial charge in [0.05, 0.1) is 7.11 Å². The van der Waals surface area contributed by atoms with Crippen molar-refractivity contribution in [2.75, 3.05) is 7.11 Å². The van der Waals surface area contributed by atoms with E-state index in [4.69, 9.17) is 11.3 Å². The average Bonchev–Trinajstić information content (AvgIpc) is 2.31. The second-order valence-corrected chi connectivity index (χ2v) is 3.30. The van der Waals surface area contributed by atoms with Crippen molar-refractivity contribution in [3.8, 4) is 0 Å². The van der Waals surface area contributed by atoms with Crippen molar-refractivity contribution in [1.82, 2.24) is 0 Å². The van der Waals surface area contributed by atoms with Crippen LogP contribution in [-0.4, -0.2) is 19.1 Å². The molecule has 0 bridgehead atoms. The zero-order valence-electron chi connectivity index (χ0n) is 9.54. The third-order valence-electron chi connectivity index (χ3n) is 2.14. The first-order chi connectivity index (χ1) is 8.08. The lowest BCUT2D eigenvalue weighted by Gasteiger charge is -2.09. The molecule has 0 heterocycles. The summed E-state index contributed by atoms with van der Waals surface area (Å²) in [6.07, 6.45) is 0.0229. The Bertz CT molecular complexity index is 477. The summed E-state index contributed by atoms with van der Waals surface area (Å²) in [5.41, 5.74) is 14.1. The van der Waals surface area contributed by atoms with Crippen molar-refractivity contribution in [1.29, 1.82) is 0 Å². The minimum atomic E-state index is -0.917. The molecule has 0 radical (unpaired) electrons. The molecule has 0 amide bonds. The molecule has 8 heteroatoms. The highest BCUT2D eigenvalue weighted by molar-refractivity contribution is 5.85. The maximum atomic E-state index is 13.5. The Morgan fingerprint density at radius 3 is 2.83 bits per heavy atom. The number of hydrogen-bond acceptors (Lipinski definition) is 4. The number of hydrogen-bond donors (Lipinski definition) is 1. The van der Waals surface area contributed by atoms with Gasteiger partial charge in [-0.15, -0.1) is 12.4 Å². The summed E-state index contributed by atoms with van der Waals surface area (Å²) < 4.78 is 17.9. The summed E-state index contributed by atoms with van der Waals surface area (Å²) in [6, 6.07) is 3.03. The van der Waals surface area contributed by atoms with Gasteiger partial charge in [0.1, 0.15) is 11.9 Å². The molecule has 0 spiro atoms. The Labute approximate surface area is 109 Å². The average molecular weight is 275 g/mol. The highest BCUT2D eigenvalue weighted by Crippen LogP contribution is 2.18. The number of halogens is 2. The van der Waals surface area contributed by atoms with Crippen molar-refractivity contribution in [2.24, 2.45) is 10.8 Å². The van der Waals surface area contributed by atoms with Gasteiger partial charge < -0.3 is 10.5 Å². The molecule has 0 saturated carbocycles. The molecule has 0 aromatic heterocycles. The first kappa shape index (κ1) is 16.2. The molecule has 18 heavy (non-hydrogen) atoms. The van der Waals surface area contributed by atoms with Crippen LogP contribution in [0.4, 0.5) is 10.1 Å². The van der Waals surface area contributed by atoms with E-state index in [1.165, 1.54) is 19.2 Å². The number of nitrogens with zero attached hydrogens (tertiary/aromatic N) is 3. The minimum absolute atomic E-state index is 0. The van der Waals surface area contributed by atoms with Gasteiger partial charge in [-0.25, -0.2) is 4.39 Å². The zero-order valence-corrected chi connectivity index (χ0v) is 10.4. The van der Waals surface area contributed by atoms with Gasteiger partial charge in [-0.3, -0.25) is 4.79 Å². The lowest BCUT2D eigenvalue weighted by atomic mass is 10.1. The second kappa shape index (κ2) is 7.50. The van der Waals surface area contributed by atoms with Gasteiger partial charge in [0.15, 0.2) is 0 Å². The SMILES string of the molecule is COC(=O)[C@H](N)Cc1ccc(N=[N+]=[N-])cc1F.Cl. The van der Waals surface area contributed by atoms with Crippen LogP contribution in [0.25, 0.3) is 10.4 Å². The first-order valence-electron chi connectivity index (χ1n) is 4.75. The van der Waals surface area contributed by atoms with Crippen molar-refractivity contribution in [3.05, 3.63) is 40.0 Å². The molecular weight excluding hydrogens is 263 g/mol. The third-order valence-corrected chi connectivity index (χ3v) is 2.14. The number of carbonyl (C=O) groups is 1. The van der Waals surface area contributed by atoms with Gasteiger partial charge in [0.25, 0.3) is 0 Å². The van der Waals surface area contributed by atoms with Crippen molar-refractivity contribution >= 4 is 24.1 Å². The van der Waals surface area contributed by atoms with Crippen LogP contribution in [0.3, 0.4) is 0 Å². The number of ether oxygens (including phenoxy) is 1. The van der Waals surface area contributed by atoms with Crippen LogP contribution < -0.4 is 5.73 Å². The Kier molecular flexibility index (Phi) is 6.74. The predicted molar refractivity (Wildman–Crippen MR) is 66.1 cm³/mol. The molecule has 2 N–H and O–H groups in total. The number of methoxy groups -OCH3 is 1. The molecule has 98 valence electrons. The predicted octanol–water partition coefficient (Wildman–Crippen LogP) is 2.23. The summed E-state index contributed by atoms with van der Waals surface area (Å²) >= 11 is 0. The van der Waals surface area contributed by atoms with Crippen LogP contribution >= 0.6 is 12.4 Å². The number of azide groups is 1. The quantitative estimate of drug-likeness (QED) is 0.394. The largest absolute Gasteiger partial charge is 0.468 e. The van der Waals surface area contributed by atoms with Gasteiger partial charge in [0, 0.05) is 17.0 Å². The Morgan fingerprint density at radius 1 is 1.67 bits per heavy atom. The molecule has 1 aromatic rings. The smallest absolute Gasteiger partial charge is 0.322 e. The van der Waals surface area contributed by atoms with E-state index in [1.54, 1.807) is 0 Å². The van der Waals surface area contributed by atoms with Gasteiger partial charge in [0.2, 0.25) is 0 Å². The van der Waals surface area contributed by atoms with Gasteiger partial charge in [-0.1, -0.05) is 17.2 Å². The van der Waals surface area contributed by atoms with Crippen molar-refractivity contribution < 1.29 is 13.9 Å². The highest BCUT2D eigenvalue weighted by Gasteiger charge is 2.16. The maximum absolute atomic E-state index is 13.5. The van der Waals surface area contributed by atoms with Crippen LogP contribution in [0.15, 0.2) is 23.3 Å². The molecule has 0 aliphatic rings. The van der Waals surface area contributed by atoms with Crippen molar-refractivity contribution in [2.45, 2.75) is 12.5 Å². The second-order valence-electron chi connectivity index (χ2n) is 3.30. The molecule has 0 aliphatic carbocycles. The molecule has 0 aliphatic heterocycles. The third kappa shape index (κ3) is 4.21. The molecule has 1 atom stereocenters. The molecule has 1 rings (SSSR count).